The van der Waals surface area contributed by atoms with Crippen LogP contribution in [0.3, 0.4) is 0 Å². The highest BCUT2D eigenvalue weighted by atomic mass is 16.5. The summed E-state index contributed by atoms with van der Waals surface area (Å²) in [4.78, 5) is 16.5. The minimum atomic E-state index is -0.0750. The van der Waals surface area contributed by atoms with Crippen LogP contribution >= 0.6 is 0 Å². The number of para-hydroxylation sites is 1. The van der Waals surface area contributed by atoms with Gasteiger partial charge in [0.05, 0.1) is 19.2 Å². The Morgan fingerprint density at radius 1 is 1.20 bits per heavy atom. The number of hydrogen-bond acceptors (Lipinski definition) is 4. The van der Waals surface area contributed by atoms with Crippen molar-refractivity contribution in [2.75, 3.05) is 6.61 Å². The van der Waals surface area contributed by atoms with E-state index in [2.05, 4.69) is 15.4 Å². The van der Waals surface area contributed by atoms with E-state index in [1.807, 2.05) is 48.5 Å². The number of nitrogens with one attached hydrogen (secondary N) is 1. The molecule has 0 radical (unpaired) electrons. The van der Waals surface area contributed by atoms with Gasteiger partial charge in [0.25, 0.3) is 5.91 Å². The molecule has 1 unspecified atom stereocenters. The molecule has 126 valence electrons. The van der Waals surface area contributed by atoms with Crippen molar-refractivity contribution in [1.82, 2.24) is 20.1 Å². The Hall–Kier alpha value is -3.15. The molecule has 2 heterocycles. The maximum absolute atomic E-state index is 12.6. The Labute approximate surface area is 145 Å². The molecule has 1 amide bonds. The Morgan fingerprint density at radius 2 is 2.04 bits per heavy atom. The van der Waals surface area contributed by atoms with Crippen molar-refractivity contribution >= 4 is 5.91 Å². The lowest BCUT2D eigenvalue weighted by molar-refractivity contribution is 0.0925. The minimum Gasteiger partial charge on any atom is -0.493 e. The lowest BCUT2D eigenvalue weighted by atomic mass is 10.00. The molecule has 1 aliphatic rings. The van der Waals surface area contributed by atoms with Crippen molar-refractivity contribution in [2.24, 2.45) is 0 Å². The van der Waals surface area contributed by atoms with Crippen LogP contribution in [-0.2, 0) is 6.54 Å². The molecule has 3 aromatic rings. The number of hydrogen-bond donors (Lipinski definition) is 1. The molecule has 0 saturated carbocycles. The average molecular weight is 334 g/mol. The van der Waals surface area contributed by atoms with E-state index in [0.29, 0.717) is 18.7 Å². The number of carbonyl (C=O) groups excluding carboxylic acids is 1. The molecule has 25 heavy (non-hydrogen) atoms. The second kappa shape index (κ2) is 6.76. The van der Waals surface area contributed by atoms with Crippen molar-refractivity contribution in [3.63, 3.8) is 0 Å². The fourth-order valence-electron chi connectivity index (χ4n) is 3.00. The number of nitrogens with zero attached hydrogens (tertiary/aromatic N) is 3. The summed E-state index contributed by atoms with van der Waals surface area (Å²) in [6, 6.07) is 15.4. The highest BCUT2D eigenvalue weighted by molar-refractivity contribution is 5.94. The van der Waals surface area contributed by atoms with Gasteiger partial charge in [-0.2, -0.15) is 5.10 Å². The molecule has 2 aromatic carbocycles. The van der Waals surface area contributed by atoms with Crippen molar-refractivity contribution in [3.05, 3.63) is 77.9 Å². The fraction of sp³-hybridized carbons (Fsp3) is 0.211. The zero-order chi connectivity index (χ0) is 17.1. The van der Waals surface area contributed by atoms with Gasteiger partial charge in [-0.15, -0.1) is 0 Å². The monoisotopic (exact) mass is 334 g/mol. The molecule has 0 fully saturated rings. The van der Waals surface area contributed by atoms with Crippen LogP contribution in [0.25, 0.3) is 0 Å². The highest BCUT2D eigenvalue weighted by Crippen LogP contribution is 2.31. The number of ether oxygens (including phenoxy) is 1. The number of fused-ring (bicyclic) bond motifs is 1. The van der Waals surface area contributed by atoms with E-state index in [4.69, 9.17) is 4.74 Å². The predicted molar refractivity (Wildman–Crippen MR) is 92.3 cm³/mol. The molecule has 4 rings (SSSR count). The van der Waals surface area contributed by atoms with Crippen LogP contribution in [0.5, 0.6) is 5.75 Å². The first-order chi connectivity index (χ1) is 12.3. The molecule has 6 heteroatoms. The van der Waals surface area contributed by atoms with Crippen LogP contribution in [0.4, 0.5) is 0 Å². The van der Waals surface area contributed by atoms with Gasteiger partial charge in [-0.25, -0.2) is 9.67 Å². The molecular weight excluding hydrogens is 316 g/mol. The van der Waals surface area contributed by atoms with Crippen LogP contribution in [-0.4, -0.2) is 27.3 Å². The zero-order valence-corrected chi connectivity index (χ0v) is 13.6. The van der Waals surface area contributed by atoms with Gasteiger partial charge >= 0.3 is 0 Å². The number of benzene rings is 2. The maximum atomic E-state index is 12.6. The van der Waals surface area contributed by atoms with Crippen molar-refractivity contribution in [3.8, 4) is 5.75 Å². The first-order valence-electron chi connectivity index (χ1n) is 8.23. The summed E-state index contributed by atoms with van der Waals surface area (Å²) in [5.74, 6) is 0.774. The lowest BCUT2D eigenvalue weighted by Gasteiger charge is -2.26. The average Bonchev–Trinajstić information content (AvgIpc) is 3.16. The smallest absolute Gasteiger partial charge is 0.251 e. The van der Waals surface area contributed by atoms with Crippen LogP contribution in [0.15, 0.2) is 61.2 Å². The maximum Gasteiger partial charge on any atom is 0.251 e. The van der Waals surface area contributed by atoms with Crippen molar-refractivity contribution in [2.45, 2.75) is 19.0 Å². The minimum absolute atomic E-state index is 0.0210. The first-order valence-corrected chi connectivity index (χ1v) is 8.23. The topological polar surface area (TPSA) is 69.0 Å². The largest absolute Gasteiger partial charge is 0.493 e. The third-order valence-electron chi connectivity index (χ3n) is 4.29. The van der Waals surface area contributed by atoms with Gasteiger partial charge in [-0.3, -0.25) is 4.79 Å². The van der Waals surface area contributed by atoms with E-state index in [1.54, 1.807) is 11.0 Å². The quantitative estimate of drug-likeness (QED) is 0.796. The number of carbonyl (C=O) groups is 1. The molecule has 1 atom stereocenters. The Kier molecular flexibility index (Phi) is 4.16. The van der Waals surface area contributed by atoms with Gasteiger partial charge in [0, 0.05) is 17.5 Å². The summed E-state index contributed by atoms with van der Waals surface area (Å²) in [7, 11) is 0. The molecule has 0 spiro atoms. The zero-order valence-electron chi connectivity index (χ0n) is 13.6. The fourth-order valence-corrected chi connectivity index (χ4v) is 3.00. The summed E-state index contributed by atoms with van der Waals surface area (Å²) in [5.41, 5.74) is 2.75. The second-order valence-electron chi connectivity index (χ2n) is 5.99. The molecule has 6 nitrogen and oxygen atoms in total. The molecule has 0 saturated heterocycles. The molecule has 1 aromatic heterocycles. The van der Waals surface area contributed by atoms with Gasteiger partial charge in [0.1, 0.15) is 18.4 Å². The molecule has 0 aliphatic carbocycles. The van der Waals surface area contributed by atoms with E-state index in [9.17, 15) is 4.79 Å². The van der Waals surface area contributed by atoms with Crippen LogP contribution in [0.1, 0.15) is 33.9 Å². The predicted octanol–water partition coefficient (Wildman–Crippen LogP) is 2.58. The summed E-state index contributed by atoms with van der Waals surface area (Å²) in [6.07, 6.45) is 3.95. The summed E-state index contributed by atoms with van der Waals surface area (Å²) in [5, 5.41) is 7.19. The van der Waals surface area contributed by atoms with Gasteiger partial charge in [-0.1, -0.05) is 30.3 Å². The van der Waals surface area contributed by atoms with E-state index < -0.39 is 0 Å². The highest BCUT2D eigenvalue weighted by Gasteiger charge is 2.22. The Balaban J connectivity index is 1.45. The molecule has 0 bridgehead atoms. The molecule has 1 aliphatic heterocycles. The van der Waals surface area contributed by atoms with Gasteiger partial charge in [-0.05, 0) is 23.8 Å². The van der Waals surface area contributed by atoms with Gasteiger partial charge in [0.15, 0.2) is 0 Å². The van der Waals surface area contributed by atoms with Gasteiger partial charge < -0.3 is 10.1 Å². The third kappa shape index (κ3) is 3.38. The summed E-state index contributed by atoms with van der Waals surface area (Å²) >= 11 is 0. The van der Waals surface area contributed by atoms with E-state index in [1.165, 1.54) is 6.33 Å². The summed E-state index contributed by atoms with van der Waals surface area (Å²) in [6.45, 7) is 1.24. The Bertz CT molecular complexity index is 859. The van der Waals surface area contributed by atoms with Crippen molar-refractivity contribution in [1.29, 1.82) is 0 Å². The SMILES string of the molecule is O=C(NC1CCOc2ccccc21)c1ccc(Cn2cncn2)cc1. The van der Waals surface area contributed by atoms with E-state index in [0.717, 1.165) is 23.3 Å². The number of aromatic nitrogens is 3. The second-order valence-corrected chi connectivity index (χ2v) is 5.99. The van der Waals surface area contributed by atoms with E-state index in [-0.39, 0.29) is 11.9 Å². The number of amides is 1. The first kappa shape index (κ1) is 15.4. The summed E-state index contributed by atoms with van der Waals surface area (Å²) < 4.78 is 7.39. The van der Waals surface area contributed by atoms with Crippen molar-refractivity contribution < 1.29 is 9.53 Å². The standard InChI is InChI=1S/C19H18N4O2/c24-19(22-17-9-10-25-18-4-2-1-3-16(17)18)15-7-5-14(6-8-15)11-23-13-20-12-21-23/h1-8,12-13,17H,9-11H2,(H,22,24). The molecule has 1 N–H and O–H groups in total. The van der Waals surface area contributed by atoms with Crippen LogP contribution in [0, 0.1) is 0 Å². The van der Waals surface area contributed by atoms with Crippen LogP contribution < -0.4 is 10.1 Å². The normalized spacial score (nSPS) is 15.9. The Morgan fingerprint density at radius 3 is 2.84 bits per heavy atom. The number of rotatable bonds is 4. The van der Waals surface area contributed by atoms with Crippen LogP contribution in [0.2, 0.25) is 0 Å². The van der Waals surface area contributed by atoms with Gasteiger partial charge in [0.2, 0.25) is 0 Å². The van der Waals surface area contributed by atoms with E-state index >= 15 is 0 Å². The molecular formula is C19H18N4O2. The lowest BCUT2D eigenvalue weighted by Crippen LogP contribution is -2.32. The third-order valence-corrected chi connectivity index (χ3v) is 4.29.